The Bertz CT molecular complexity index is 1370. The van der Waals surface area contributed by atoms with Gasteiger partial charge in [0.05, 0.1) is 45.2 Å². The van der Waals surface area contributed by atoms with E-state index in [1.54, 1.807) is 36.4 Å². The van der Waals surface area contributed by atoms with Gasteiger partial charge in [-0.15, -0.1) is 0 Å². The molecule has 0 atom stereocenters. The molecular weight excluding hydrogens is 498 g/mol. The summed E-state index contributed by atoms with van der Waals surface area (Å²) in [7, 11) is 1.74. The SMILES string of the molecule is COc1ccc(N(CC(=O)N/N=C\c2cccc(OC)c2OC)S(=O)(=O)c2ccc(C)cc2)c(OC)c1. The third-order valence-electron chi connectivity index (χ3n) is 5.38. The summed E-state index contributed by atoms with van der Waals surface area (Å²) in [6.07, 6.45) is 1.38. The van der Waals surface area contributed by atoms with Crippen LogP contribution in [0.2, 0.25) is 0 Å². The Kier molecular flexibility index (Phi) is 8.96. The van der Waals surface area contributed by atoms with Crippen molar-refractivity contribution in [2.24, 2.45) is 5.10 Å². The first-order valence-corrected chi connectivity index (χ1v) is 12.5. The van der Waals surface area contributed by atoms with Gasteiger partial charge in [0.25, 0.3) is 15.9 Å². The summed E-state index contributed by atoms with van der Waals surface area (Å²) in [6, 6.07) is 16.2. The highest BCUT2D eigenvalue weighted by Gasteiger charge is 2.29. The fourth-order valence-electron chi connectivity index (χ4n) is 3.48. The largest absolute Gasteiger partial charge is 0.497 e. The number of nitrogens with zero attached hydrogens (tertiary/aromatic N) is 2. The summed E-state index contributed by atoms with van der Waals surface area (Å²) in [6.45, 7) is 1.29. The Labute approximate surface area is 216 Å². The van der Waals surface area contributed by atoms with Gasteiger partial charge in [-0.05, 0) is 43.3 Å². The van der Waals surface area contributed by atoms with E-state index in [-0.39, 0.29) is 16.3 Å². The lowest BCUT2D eigenvalue weighted by molar-refractivity contribution is -0.119. The van der Waals surface area contributed by atoms with Crippen molar-refractivity contribution in [2.45, 2.75) is 11.8 Å². The molecule has 3 aromatic rings. The van der Waals surface area contributed by atoms with E-state index in [0.29, 0.717) is 22.8 Å². The number of ether oxygens (including phenoxy) is 4. The highest BCUT2D eigenvalue weighted by Crippen LogP contribution is 2.35. The van der Waals surface area contributed by atoms with Crippen LogP contribution in [0.5, 0.6) is 23.0 Å². The number of sulfonamides is 1. The molecule has 0 radical (unpaired) electrons. The summed E-state index contributed by atoms with van der Waals surface area (Å²) < 4.78 is 49.5. The summed E-state index contributed by atoms with van der Waals surface area (Å²) >= 11 is 0. The lowest BCUT2D eigenvalue weighted by Crippen LogP contribution is -2.39. The number of hydrazone groups is 1. The average Bonchev–Trinajstić information content (AvgIpc) is 2.91. The molecule has 37 heavy (non-hydrogen) atoms. The quantitative estimate of drug-likeness (QED) is 0.300. The second-order valence-electron chi connectivity index (χ2n) is 7.74. The minimum Gasteiger partial charge on any atom is -0.497 e. The van der Waals surface area contributed by atoms with Crippen molar-refractivity contribution >= 4 is 27.8 Å². The number of carbonyl (C=O) groups excluding carboxylic acids is 1. The van der Waals surface area contributed by atoms with E-state index in [0.717, 1.165) is 9.87 Å². The van der Waals surface area contributed by atoms with Gasteiger partial charge in [-0.2, -0.15) is 5.10 Å². The molecule has 0 fully saturated rings. The van der Waals surface area contributed by atoms with E-state index in [9.17, 15) is 13.2 Å². The van der Waals surface area contributed by atoms with Gasteiger partial charge in [-0.3, -0.25) is 9.10 Å². The minimum absolute atomic E-state index is 0.0217. The molecule has 0 aliphatic carbocycles. The first-order valence-electron chi connectivity index (χ1n) is 11.1. The van der Waals surface area contributed by atoms with Crippen molar-refractivity contribution < 1.29 is 32.2 Å². The minimum atomic E-state index is -4.15. The van der Waals surface area contributed by atoms with Crippen LogP contribution >= 0.6 is 0 Å². The summed E-state index contributed by atoms with van der Waals surface area (Å²) in [4.78, 5) is 12.9. The number of methoxy groups -OCH3 is 4. The third kappa shape index (κ3) is 6.31. The maximum Gasteiger partial charge on any atom is 0.264 e. The molecule has 0 saturated heterocycles. The molecule has 196 valence electrons. The predicted molar refractivity (Wildman–Crippen MR) is 141 cm³/mol. The zero-order valence-corrected chi connectivity index (χ0v) is 22.0. The number of benzene rings is 3. The Morgan fingerprint density at radius 2 is 1.62 bits per heavy atom. The van der Waals surface area contributed by atoms with Crippen molar-refractivity contribution in [1.29, 1.82) is 0 Å². The molecule has 3 aromatic carbocycles. The Morgan fingerprint density at radius 3 is 2.24 bits per heavy atom. The molecule has 10 nitrogen and oxygen atoms in total. The molecule has 3 rings (SSSR count). The molecule has 0 aliphatic heterocycles. The number of rotatable bonds is 11. The normalized spacial score (nSPS) is 11.2. The zero-order valence-electron chi connectivity index (χ0n) is 21.2. The van der Waals surface area contributed by atoms with Crippen molar-refractivity contribution in [2.75, 3.05) is 39.3 Å². The van der Waals surface area contributed by atoms with E-state index in [1.165, 1.54) is 58.9 Å². The second kappa shape index (κ2) is 12.1. The summed E-state index contributed by atoms with van der Waals surface area (Å²) in [5.41, 5.74) is 3.99. The van der Waals surface area contributed by atoms with Crippen LogP contribution in [-0.2, 0) is 14.8 Å². The molecule has 0 bridgehead atoms. The van der Waals surface area contributed by atoms with E-state index in [4.69, 9.17) is 18.9 Å². The maximum atomic E-state index is 13.6. The Morgan fingerprint density at radius 1 is 0.919 bits per heavy atom. The highest BCUT2D eigenvalue weighted by atomic mass is 32.2. The van der Waals surface area contributed by atoms with Crippen LogP contribution in [0.15, 0.2) is 70.7 Å². The number of para-hydroxylation sites is 1. The van der Waals surface area contributed by atoms with Gasteiger partial charge in [0.1, 0.15) is 18.0 Å². The van der Waals surface area contributed by atoms with Crippen LogP contribution in [-0.4, -0.2) is 55.5 Å². The number of anilines is 1. The van der Waals surface area contributed by atoms with Gasteiger partial charge in [0, 0.05) is 11.6 Å². The van der Waals surface area contributed by atoms with Crippen LogP contribution in [0.1, 0.15) is 11.1 Å². The molecule has 1 N–H and O–H groups in total. The average molecular weight is 528 g/mol. The van der Waals surface area contributed by atoms with Crippen molar-refractivity contribution in [3.05, 3.63) is 71.8 Å². The van der Waals surface area contributed by atoms with Gasteiger partial charge >= 0.3 is 0 Å². The van der Waals surface area contributed by atoms with Crippen LogP contribution in [0.25, 0.3) is 0 Å². The van der Waals surface area contributed by atoms with Crippen molar-refractivity contribution in [3.63, 3.8) is 0 Å². The van der Waals surface area contributed by atoms with Crippen LogP contribution in [0.4, 0.5) is 5.69 Å². The number of hydrogen-bond donors (Lipinski definition) is 1. The number of amides is 1. The zero-order chi connectivity index (χ0) is 27.0. The van der Waals surface area contributed by atoms with E-state index >= 15 is 0 Å². The van der Waals surface area contributed by atoms with Gasteiger partial charge in [0.2, 0.25) is 0 Å². The highest BCUT2D eigenvalue weighted by molar-refractivity contribution is 7.92. The van der Waals surface area contributed by atoms with E-state index < -0.39 is 22.5 Å². The lowest BCUT2D eigenvalue weighted by atomic mass is 10.2. The molecule has 0 heterocycles. The van der Waals surface area contributed by atoms with Gasteiger partial charge in [0.15, 0.2) is 11.5 Å². The maximum absolute atomic E-state index is 13.6. The molecule has 1 amide bonds. The fraction of sp³-hybridized carbons (Fsp3) is 0.231. The first kappa shape index (κ1) is 27.3. The van der Waals surface area contributed by atoms with E-state index in [1.807, 2.05) is 6.92 Å². The number of nitrogens with one attached hydrogen (secondary N) is 1. The monoisotopic (exact) mass is 527 g/mol. The molecule has 0 spiro atoms. The molecule has 11 heteroatoms. The fourth-order valence-corrected chi connectivity index (χ4v) is 4.91. The lowest BCUT2D eigenvalue weighted by Gasteiger charge is -2.25. The van der Waals surface area contributed by atoms with Crippen molar-refractivity contribution in [1.82, 2.24) is 5.43 Å². The molecule has 0 unspecified atom stereocenters. The topological polar surface area (TPSA) is 116 Å². The number of aryl methyl sites for hydroxylation is 1. The van der Waals surface area contributed by atoms with Gasteiger partial charge < -0.3 is 18.9 Å². The number of hydrogen-bond acceptors (Lipinski definition) is 8. The van der Waals surface area contributed by atoms with Crippen LogP contribution < -0.4 is 28.7 Å². The van der Waals surface area contributed by atoms with Crippen LogP contribution in [0.3, 0.4) is 0 Å². The van der Waals surface area contributed by atoms with Gasteiger partial charge in [-0.25, -0.2) is 13.8 Å². The molecule has 0 saturated carbocycles. The molecule has 0 aliphatic rings. The molecular formula is C26H29N3O7S. The predicted octanol–water partition coefficient (Wildman–Crippen LogP) is 3.38. The third-order valence-corrected chi connectivity index (χ3v) is 7.15. The second-order valence-corrected chi connectivity index (χ2v) is 9.60. The summed E-state index contributed by atoms with van der Waals surface area (Å²) in [5, 5.41) is 3.98. The Hall–Kier alpha value is -4.25. The van der Waals surface area contributed by atoms with Crippen molar-refractivity contribution in [3.8, 4) is 23.0 Å². The standard InChI is InChI=1S/C26H29N3O7S/c1-18-9-12-21(13-10-18)37(31,32)29(22-14-11-20(33-2)15-24(22)35-4)17-25(30)28-27-16-19-7-6-8-23(34-3)26(19)36-5/h6-16H,17H2,1-5H3,(H,28,30)/b27-16-. The van der Waals surface area contributed by atoms with Gasteiger partial charge in [-0.1, -0.05) is 23.8 Å². The summed E-state index contributed by atoms with van der Waals surface area (Å²) in [5.74, 6) is 0.947. The first-order chi connectivity index (χ1) is 17.7. The smallest absolute Gasteiger partial charge is 0.264 e. The number of carbonyl (C=O) groups is 1. The molecule has 0 aromatic heterocycles. The van der Waals surface area contributed by atoms with Crippen LogP contribution in [0, 0.1) is 6.92 Å². The Balaban J connectivity index is 1.93. The van der Waals surface area contributed by atoms with E-state index in [2.05, 4.69) is 10.5 Å².